The first-order chi connectivity index (χ1) is 6.35. The molecule has 4 radical (unpaired) electrons. The van der Waals surface area contributed by atoms with Crippen LogP contribution in [0.3, 0.4) is 0 Å². The average Bonchev–Trinajstić information content (AvgIpc) is 2.17. The van der Waals surface area contributed by atoms with Crippen LogP contribution in [0.15, 0.2) is 0 Å². The summed E-state index contributed by atoms with van der Waals surface area (Å²) in [5, 5.41) is 0. The van der Waals surface area contributed by atoms with Crippen molar-refractivity contribution in [2.24, 2.45) is 0 Å². The summed E-state index contributed by atoms with van der Waals surface area (Å²) in [6.45, 7) is 10.8. The van der Waals surface area contributed by atoms with Crippen LogP contribution in [0.2, 0.25) is 0 Å². The fourth-order valence-corrected chi connectivity index (χ4v) is 1.48. The second-order valence-electron chi connectivity index (χ2n) is 3.90. The molecule has 0 aromatic rings. The van der Waals surface area contributed by atoms with Crippen LogP contribution in [0.5, 0.6) is 0 Å². The fraction of sp³-hybridized carbons (Fsp3) is 1.00. The maximum absolute atomic E-state index is 2.64. The van der Waals surface area contributed by atoms with Gasteiger partial charge in [-0.15, -0.1) is 0 Å². The van der Waals surface area contributed by atoms with Crippen LogP contribution >= 0.6 is 0 Å². The molecule has 0 saturated carbocycles. The smallest absolute Gasteiger partial charge is 0 e. The standard InChI is InChI=1S/C12H27N.Sn/c1-4-7-10-13(11-8-5-2)12-9-6-3;/h4-12H2,1-3H3;. The van der Waals surface area contributed by atoms with Crippen molar-refractivity contribution in [3.05, 3.63) is 0 Å². The predicted molar refractivity (Wildman–Crippen MR) is 66.9 cm³/mol. The average molecular weight is 304 g/mol. The minimum atomic E-state index is 0. The molecule has 0 unspecified atom stereocenters. The van der Waals surface area contributed by atoms with Gasteiger partial charge in [-0.2, -0.15) is 0 Å². The molecule has 0 aliphatic heterocycles. The zero-order valence-corrected chi connectivity index (χ0v) is 13.2. The van der Waals surface area contributed by atoms with Crippen LogP contribution in [-0.4, -0.2) is 48.4 Å². The van der Waals surface area contributed by atoms with Gasteiger partial charge in [0.25, 0.3) is 0 Å². The van der Waals surface area contributed by atoms with E-state index in [0.717, 1.165) is 0 Å². The first-order valence-corrected chi connectivity index (χ1v) is 6.07. The maximum Gasteiger partial charge on any atom is 0 e. The Hall–Kier alpha value is 0.759. The van der Waals surface area contributed by atoms with Gasteiger partial charge in [-0.05, 0) is 38.9 Å². The van der Waals surface area contributed by atoms with E-state index in [9.17, 15) is 0 Å². The number of unbranched alkanes of at least 4 members (excludes halogenated alkanes) is 3. The molecule has 0 N–H and O–H groups in total. The molecular formula is C12H27NSn. The van der Waals surface area contributed by atoms with Crippen LogP contribution in [0, 0.1) is 0 Å². The van der Waals surface area contributed by atoms with Crippen molar-refractivity contribution >= 4 is 23.9 Å². The van der Waals surface area contributed by atoms with E-state index >= 15 is 0 Å². The molecule has 0 aromatic heterocycles. The molecule has 0 atom stereocenters. The molecule has 0 bridgehead atoms. The Balaban J connectivity index is 0. The summed E-state index contributed by atoms with van der Waals surface area (Å²) in [4.78, 5) is 2.64. The van der Waals surface area contributed by atoms with Crippen molar-refractivity contribution in [2.45, 2.75) is 59.3 Å². The number of hydrogen-bond donors (Lipinski definition) is 0. The molecule has 2 heteroatoms. The van der Waals surface area contributed by atoms with E-state index < -0.39 is 0 Å². The fourth-order valence-electron chi connectivity index (χ4n) is 1.48. The first-order valence-electron chi connectivity index (χ1n) is 6.07. The summed E-state index contributed by atoms with van der Waals surface area (Å²) in [7, 11) is 0. The molecule has 0 heterocycles. The molecule has 0 fully saturated rings. The van der Waals surface area contributed by atoms with E-state index in [1.165, 1.54) is 58.2 Å². The van der Waals surface area contributed by atoms with Crippen molar-refractivity contribution in [3.63, 3.8) is 0 Å². The second kappa shape index (κ2) is 13.8. The van der Waals surface area contributed by atoms with Crippen LogP contribution in [0.25, 0.3) is 0 Å². The zero-order chi connectivity index (χ0) is 9.94. The molecule has 0 rings (SSSR count). The van der Waals surface area contributed by atoms with Gasteiger partial charge in [-0.1, -0.05) is 40.0 Å². The number of rotatable bonds is 9. The Morgan fingerprint density at radius 3 is 1.14 bits per heavy atom. The molecule has 0 aromatic carbocycles. The largest absolute Gasteiger partial charge is 0.303 e. The van der Waals surface area contributed by atoms with E-state index in [2.05, 4.69) is 25.7 Å². The third kappa shape index (κ3) is 10.8. The Bertz CT molecular complexity index is 77.3. The van der Waals surface area contributed by atoms with Gasteiger partial charge >= 0.3 is 0 Å². The molecule has 0 spiro atoms. The van der Waals surface area contributed by atoms with E-state index in [1.54, 1.807) is 0 Å². The van der Waals surface area contributed by atoms with Gasteiger partial charge in [0, 0.05) is 23.9 Å². The number of nitrogens with zero attached hydrogens (tertiary/aromatic N) is 1. The van der Waals surface area contributed by atoms with Crippen LogP contribution in [-0.2, 0) is 0 Å². The molecule has 0 saturated heterocycles. The Morgan fingerprint density at radius 2 is 0.929 bits per heavy atom. The third-order valence-corrected chi connectivity index (χ3v) is 2.48. The van der Waals surface area contributed by atoms with Crippen LogP contribution in [0.1, 0.15) is 59.3 Å². The minimum Gasteiger partial charge on any atom is -0.303 e. The van der Waals surface area contributed by atoms with E-state index in [0.29, 0.717) is 0 Å². The Labute approximate surface area is 108 Å². The molecule has 1 nitrogen and oxygen atoms in total. The SMILES string of the molecule is CCCCN(CCCC)CCCC.[Sn]. The number of hydrogen-bond acceptors (Lipinski definition) is 1. The van der Waals surface area contributed by atoms with Crippen molar-refractivity contribution < 1.29 is 0 Å². The van der Waals surface area contributed by atoms with E-state index in [4.69, 9.17) is 0 Å². The van der Waals surface area contributed by atoms with Gasteiger partial charge < -0.3 is 4.90 Å². The third-order valence-electron chi connectivity index (χ3n) is 2.48. The zero-order valence-electron chi connectivity index (χ0n) is 10.3. The Morgan fingerprint density at radius 1 is 0.643 bits per heavy atom. The van der Waals surface area contributed by atoms with Crippen molar-refractivity contribution in [1.29, 1.82) is 0 Å². The maximum atomic E-state index is 2.64. The van der Waals surface area contributed by atoms with Gasteiger partial charge in [0.05, 0.1) is 0 Å². The molecule has 0 aliphatic rings. The Kier molecular flexibility index (Phi) is 16.9. The molecule has 0 amide bonds. The van der Waals surface area contributed by atoms with E-state index in [1.807, 2.05) is 0 Å². The quantitative estimate of drug-likeness (QED) is 0.591. The second-order valence-corrected chi connectivity index (χ2v) is 3.90. The summed E-state index contributed by atoms with van der Waals surface area (Å²) >= 11 is 0. The monoisotopic (exact) mass is 305 g/mol. The van der Waals surface area contributed by atoms with Crippen LogP contribution in [0.4, 0.5) is 0 Å². The van der Waals surface area contributed by atoms with Gasteiger partial charge in [-0.25, -0.2) is 0 Å². The van der Waals surface area contributed by atoms with Gasteiger partial charge in [0.15, 0.2) is 0 Å². The summed E-state index contributed by atoms with van der Waals surface area (Å²) in [5.74, 6) is 0. The minimum absolute atomic E-state index is 0. The van der Waals surface area contributed by atoms with Crippen LogP contribution < -0.4 is 0 Å². The first kappa shape index (κ1) is 17.2. The van der Waals surface area contributed by atoms with Gasteiger partial charge in [-0.3, -0.25) is 0 Å². The molecule has 14 heavy (non-hydrogen) atoms. The topological polar surface area (TPSA) is 3.24 Å². The van der Waals surface area contributed by atoms with Gasteiger partial charge in [0.2, 0.25) is 0 Å². The summed E-state index contributed by atoms with van der Waals surface area (Å²) in [5.41, 5.74) is 0. The van der Waals surface area contributed by atoms with Gasteiger partial charge in [0.1, 0.15) is 0 Å². The summed E-state index contributed by atoms with van der Waals surface area (Å²) in [6, 6.07) is 0. The van der Waals surface area contributed by atoms with Crippen molar-refractivity contribution in [3.8, 4) is 0 Å². The molecule has 0 aliphatic carbocycles. The predicted octanol–water partition coefficient (Wildman–Crippen LogP) is 3.31. The van der Waals surface area contributed by atoms with Crippen molar-refractivity contribution in [1.82, 2.24) is 4.90 Å². The van der Waals surface area contributed by atoms with E-state index in [-0.39, 0.29) is 23.9 Å². The molecule has 84 valence electrons. The normalized spacial score (nSPS) is 10.3. The molecular weight excluding hydrogens is 277 g/mol. The van der Waals surface area contributed by atoms with Crippen molar-refractivity contribution in [2.75, 3.05) is 19.6 Å². The summed E-state index contributed by atoms with van der Waals surface area (Å²) in [6.07, 6.45) is 8.09. The summed E-state index contributed by atoms with van der Waals surface area (Å²) < 4.78 is 0.